The largest absolute Gasteiger partial charge is 0.478 e. The van der Waals surface area contributed by atoms with Gasteiger partial charge in [-0.05, 0) is 11.6 Å². The van der Waals surface area contributed by atoms with Crippen LogP contribution in [-0.2, 0) is 18.9 Å². The zero-order chi connectivity index (χ0) is 17.7. The normalized spacial score (nSPS) is 10.6. The lowest BCUT2D eigenvalue weighted by atomic mass is 10.2. The van der Waals surface area contributed by atoms with E-state index in [4.69, 9.17) is 5.11 Å². The smallest absolute Gasteiger partial charge is 0.332 e. The van der Waals surface area contributed by atoms with Crippen LogP contribution < -0.4 is 11.2 Å². The van der Waals surface area contributed by atoms with Gasteiger partial charge in [0.25, 0.3) is 5.56 Å². The number of aliphatic carboxylic acids is 1. The molecule has 2 heterocycles. The molecule has 1 aromatic carbocycles. The van der Waals surface area contributed by atoms with E-state index in [-0.39, 0.29) is 11.2 Å². The van der Waals surface area contributed by atoms with E-state index in [1.54, 1.807) is 13.1 Å². The number of aromatic nitrogens is 4. The molecule has 24 heavy (non-hydrogen) atoms. The number of carbonyl (C=O) groups is 1. The molecule has 0 aliphatic carbocycles. The van der Waals surface area contributed by atoms with Crippen molar-refractivity contribution in [2.45, 2.75) is 0 Å². The summed E-state index contributed by atoms with van der Waals surface area (Å²) in [4.78, 5) is 39.5. The minimum Gasteiger partial charge on any atom is -0.478 e. The number of nitrogens with one attached hydrogen (secondary N) is 1. The van der Waals surface area contributed by atoms with Crippen LogP contribution >= 0.6 is 0 Å². The molecule has 0 atom stereocenters. The van der Waals surface area contributed by atoms with Crippen molar-refractivity contribution in [1.82, 2.24) is 19.1 Å². The van der Waals surface area contributed by atoms with Gasteiger partial charge in [0.05, 0.1) is 6.33 Å². The summed E-state index contributed by atoms with van der Waals surface area (Å²) in [6, 6.07) is 9.31. The predicted molar refractivity (Wildman–Crippen MR) is 89.7 cm³/mol. The van der Waals surface area contributed by atoms with Gasteiger partial charge in [0.1, 0.15) is 5.52 Å². The molecule has 8 heteroatoms. The van der Waals surface area contributed by atoms with Crippen LogP contribution in [0.2, 0.25) is 0 Å². The second-order valence-corrected chi connectivity index (χ2v) is 4.89. The van der Waals surface area contributed by atoms with Crippen LogP contribution in [0.5, 0.6) is 0 Å². The van der Waals surface area contributed by atoms with Gasteiger partial charge in [-0.25, -0.2) is 14.6 Å². The van der Waals surface area contributed by atoms with Gasteiger partial charge in [0.15, 0.2) is 5.65 Å². The molecule has 3 aromatic rings. The number of carboxylic acids is 1. The average Bonchev–Trinajstić information content (AvgIpc) is 3.08. The highest BCUT2D eigenvalue weighted by Gasteiger charge is 2.08. The number of hydrogen-bond donors (Lipinski definition) is 2. The van der Waals surface area contributed by atoms with E-state index in [0.717, 1.165) is 16.2 Å². The van der Waals surface area contributed by atoms with Crippen molar-refractivity contribution >= 4 is 23.2 Å². The van der Waals surface area contributed by atoms with Crippen molar-refractivity contribution < 1.29 is 9.90 Å². The highest BCUT2D eigenvalue weighted by molar-refractivity contribution is 5.85. The third-order valence-corrected chi connectivity index (χ3v) is 3.25. The first-order valence-electron chi connectivity index (χ1n) is 6.97. The molecular weight excluding hydrogens is 312 g/mol. The third-order valence-electron chi connectivity index (χ3n) is 3.25. The first-order chi connectivity index (χ1) is 11.4. The predicted octanol–water partition coefficient (Wildman–Crippen LogP) is 0.745. The Balaban J connectivity index is 0.000000177. The topological polar surface area (TPSA) is 110 Å². The number of fused-ring (bicyclic) bond motifs is 1. The summed E-state index contributed by atoms with van der Waals surface area (Å²) < 4.78 is 2.37. The molecule has 0 aliphatic rings. The Morgan fingerprint density at radius 1 is 1.17 bits per heavy atom. The minimum absolute atomic E-state index is 0.351. The SMILES string of the molecule is Cn1c(=O)c2[nH]cnc2n(C)c1=O.O=C(O)/C=C/c1ccccc1. The first-order valence-corrected chi connectivity index (χ1v) is 6.97. The molecule has 0 amide bonds. The summed E-state index contributed by atoms with van der Waals surface area (Å²) in [6.45, 7) is 0. The van der Waals surface area contributed by atoms with Gasteiger partial charge in [-0.1, -0.05) is 30.3 Å². The number of aryl methyl sites for hydroxylation is 1. The van der Waals surface area contributed by atoms with Gasteiger partial charge >= 0.3 is 11.7 Å². The van der Waals surface area contributed by atoms with Gasteiger partial charge in [0, 0.05) is 20.2 Å². The van der Waals surface area contributed by atoms with E-state index in [0.29, 0.717) is 11.2 Å². The van der Waals surface area contributed by atoms with Crippen molar-refractivity contribution in [1.29, 1.82) is 0 Å². The molecule has 0 unspecified atom stereocenters. The van der Waals surface area contributed by atoms with Crippen LogP contribution in [0.15, 0.2) is 52.3 Å². The first kappa shape index (κ1) is 16.9. The number of carboxylic acid groups (broad SMARTS) is 1. The maximum Gasteiger partial charge on any atom is 0.332 e. The summed E-state index contributed by atoms with van der Waals surface area (Å²) in [7, 11) is 3.01. The fourth-order valence-electron chi connectivity index (χ4n) is 2.00. The number of aromatic amines is 1. The lowest BCUT2D eigenvalue weighted by molar-refractivity contribution is -0.131. The molecule has 0 aliphatic heterocycles. The summed E-state index contributed by atoms with van der Waals surface area (Å²) in [6.07, 6.45) is 4.07. The van der Waals surface area contributed by atoms with Gasteiger partial charge in [-0.2, -0.15) is 0 Å². The molecular formula is C16H16N4O4. The highest BCUT2D eigenvalue weighted by Crippen LogP contribution is 2.00. The number of rotatable bonds is 2. The average molecular weight is 328 g/mol. The minimum atomic E-state index is -0.922. The summed E-state index contributed by atoms with van der Waals surface area (Å²) in [5.41, 5.74) is 0.910. The Labute approximate surface area is 136 Å². The quantitative estimate of drug-likeness (QED) is 0.674. The second-order valence-electron chi connectivity index (χ2n) is 4.89. The molecule has 0 saturated heterocycles. The van der Waals surface area contributed by atoms with Crippen molar-refractivity contribution in [3.63, 3.8) is 0 Å². The molecule has 124 valence electrons. The fourth-order valence-corrected chi connectivity index (χ4v) is 2.00. The molecule has 0 saturated carbocycles. The Morgan fingerprint density at radius 3 is 2.46 bits per heavy atom. The molecule has 2 aromatic heterocycles. The Morgan fingerprint density at radius 2 is 1.83 bits per heavy atom. The van der Waals surface area contributed by atoms with E-state index >= 15 is 0 Å². The Kier molecular flexibility index (Phi) is 5.10. The van der Waals surface area contributed by atoms with Crippen LogP contribution in [0.4, 0.5) is 0 Å². The van der Waals surface area contributed by atoms with Crippen LogP contribution in [0.3, 0.4) is 0 Å². The van der Waals surface area contributed by atoms with Crippen LogP contribution in [-0.4, -0.2) is 30.2 Å². The van der Waals surface area contributed by atoms with Crippen molar-refractivity contribution in [2.75, 3.05) is 0 Å². The van der Waals surface area contributed by atoms with E-state index in [9.17, 15) is 14.4 Å². The van der Waals surface area contributed by atoms with Crippen LogP contribution in [0.1, 0.15) is 5.56 Å². The maximum atomic E-state index is 11.4. The maximum absolute atomic E-state index is 11.4. The number of H-pyrrole nitrogens is 1. The van der Waals surface area contributed by atoms with Crippen molar-refractivity contribution in [3.05, 3.63) is 69.1 Å². The molecule has 0 spiro atoms. The standard InChI is InChI=1S/C9H8O2.C7H8N4O2/c10-9(11)7-6-8-4-2-1-3-5-8;1-10-5-4(8-3-9-5)6(12)11(2)7(10)13/h1-7H,(H,10,11);3H,1-2H3,(H,8,9)/b7-6+;. The van der Waals surface area contributed by atoms with Crippen molar-refractivity contribution in [3.8, 4) is 0 Å². The van der Waals surface area contributed by atoms with Gasteiger partial charge in [0.2, 0.25) is 0 Å². The fraction of sp³-hybridized carbons (Fsp3) is 0.125. The number of benzene rings is 1. The monoisotopic (exact) mass is 328 g/mol. The molecule has 0 fully saturated rings. The van der Waals surface area contributed by atoms with E-state index < -0.39 is 5.97 Å². The van der Waals surface area contributed by atoms with E-state index in [1.165, 1.54) is 17.9 Å². The highest BCUT2D eigenvalue weighted by atomic mass is 16.4. The molecule has 3 rings (SSSR count). The summed E-state index contributed by atoms with van der Waals surface area (Å²) in [5.74, 6) is -0.922. The second kappa shape index (κ2) is 7.23. The van der Waals surface area contributed by atoms with Gasteiger partial charge in [-0.3, -0.25) is 13.9 Å². The summed E-state index contributed by atoms with van der Waals surface area (Å²) in [5, 5.41) is 8.29. The zero-order valence-electron chi connectivity index (χ0n) is 13.1. The molecule has 0 radical (unpaired) electrons. The number of hydrogen-bond acceptors (Lipinski definition) is 4. The van der Waals surface area contributed by atoms with E-state index in [2.05, 4.69) is 9.97 Å². The lowest BCUT2D eigenvalue weighted by Gasteiger charge is -2.00. The van der Waals surface area contributed by atoms with Gasteiger partial charge < -0.3 is 10.1 Å². The van der Waals surface area contributed by atoms with Crippen molar-refractivity contribution in [2.24, 2.45) is 14.1 Å². The Hall–Kier alpha value is -3.42. The zero-order valence-corrected chi connectivity index (χ0v) is 13.1. The Bertz CT molecular complexity index is 996. The van der Waals surface area contributed by atoms with Crippen LogP contribution in [0, 0.1) is 0 Å². The van der Waals surface area contributed by atoms with Crippen LogP contribution in [0.25, 0.3) is 17.2 Å². The number of nitrogens with zero attached hydrogens (tertiary/aromatic N) is 3. The third kappa shape index (κ3) is 3.67. The molecule has 0 bridgehead atoms. The van der Waals surface area contributed by atoms with E-state index in [1.807, 2.05) is 30.3 Å². The number of imidazole rings is 1. The molecule has 8 nitrogen and oxygen atoms in total. The summed E-state index contributed by atoms with van der Waals surface area (Å²) >= 11 is 0. The van der Waals surface area contributed by atoms with Gasteiger partial charge in [-0.15, -0.1) is 0 Å². The molecule has 2 N–H and O–H groups in total. The lowest BCUT2D eigenvalue weighted by Crippen LogP contribution is -2.36.